The Morgan fingerprint density at radius 3 is 2.71 bits per heavy atom. The van der Waals surface area contributed by atoms with Gasteiger partial charge in [0.15, 0.2) is 5.78 Å². The first-order chi connectivity index (χ1) is 8.22. The van der Waals surface area contributed by atoms with E-state index in [1.54, 1.807) is 6.92 Å². The van der Waals surface area contributed by atoms with Gasteiger partial charge in [0.1, 0.15) is 0 Å². The highest BCUT2D eigenvalue weighted by atomic mass is 16.1. The van der Waals surface area contributed by atoms with Crippen LogP contribution in [0.5, 0.6) is 0 Å². The van der Waals surface area contributed by atoms with Gasteiger partial charge in [-0.1, -0.05) is 31.2 Å². The van der Waals surface area contributed by atoms with Crippen LogP contribution in [0.2, 0.25) is 0 Å². The molecule has 1 heterocycles. The highest BCUT2D eigenvalue weighted by molar-refractivity contribution is 5.94. The number of ketones is 1. The monoisotopic (exact) mass is 232 g/mol. The number of hydrogen-bond acceptors (Lipinski definition) is 3. The van der Waals surface area contributed by atoms with E-state index >= 15 is 0 Å². The zero-order valence-corrected chi connectivity index (χ0v) is 10.6. The SMILES string of the molecule is CCN1CCNCC1c1ccc(C(C)=O)cc1. The van der Waals surface area contributed by atoms with E-state index in [1.165, 1.54) is 5.56 Å². The molecule has 0 aliphatic carbocycles. The molecule has 1 aromatic rings. The van der Waals surface area contributed by atoms with Crippen molar-refractivity contribution >= 4 is 5.78 Å². The minimum atomic E-state index is 0.130. The Bertz CT molecular complexity index is 386. The van der Waals surface area contributed by atoms with Crippen LogP contribution in [0.25, 0.3) is 0 Å². The van der Waals surface area contributed by atoms with Crippen LogP contribution >= 0.6 is 0 Å². The fraction of sp³-hybridized carbons (Fsp3) is 0.500. The molecule has 1 aliphatic heterocycles. The number of hydrogen-bond donors (Lipinski definition) is 1. The minimum absolute atomic E-state index is 0.130. The summed E-state index contributed by atoms with van der Waals surface area (Å²) in [7, 11) is 0. The van der Waals surface area contributed by atoms with Crippen molar-refractivity contribution in [3.8, 4) is 0 Å². The lowest BCUT2D eigenvalue weighted by atomic mass is 10.0. The molecule has 1 aliphatic rings. The summed E-state index contributed by atoms with van der Waals surface area (Å²) < 4.78 is 0. The first kappa shape index (κ1) is 12.3. The van der Waals surface area contributed by atoms with Crippen molar-refractivity contribution in [2.24, 2.45) is 0 Å². The van der Waals surface area contributed by atoms with Crippen LogP contribution in [-0.4, -0.2) is 36.9 Å². The van der Waals surface area contributed by atoms with Crippen molar-refractivity contribution in [2.45, 2.75) is 19.9 Å². The van der Waals surface area contributed by atoms with E-state index in [0.29, 0.717) is 6.04 Å². The molecule has 3 heteroatoms. The second kappa shape index (κ2) is 5.43. The maximum absolute atomic E-state index is 11.2. The van der Waals surface area contributed by atoms with E-state index in [2.05, 4.69) is 29.3 Å². The van der Waals surface area contributed by atoms with Gasteiger partial charge in [-0.05, 0) is 19.0 Å². The van der Waals surface area contributed by atoms with Crippen molar-refractivity contribution in [1.29, 1.82) is 0 Å². The number of carbonyl (C=O) groups excluding carboxylic acids is 1. The molecule has 0 bridgehead atoms. The van der Waals surface area contributed by atoms with E-state index in [0.717, 1.165) is 31.7 Å². The number of carbonyl (C=O) groups is 1. The van der Waals surface area contributed by atoms with Gasteiger partial charge in [0.05, 0.1) is 0 Å². The van der Waals surface area contributed by atoms with Crippen LogP contribution in [0, 0.1) is 0 Å². The molecule has 92 valence electrons. The zero-order valence-electron chi connectivity index (χ0n) is 10.6. The molecule has 1 fully saturated rings. The number of Topliss-reactive ketones (excluding diaryl/α,β-unsaturated/α-hetero) is 1. The van der Waals surface area contributed by atoms with Crippen LogP contribution in [0.1, 0.15) is 35.8 Å². The van der Waals surface area contributed by atoms with Crippen LogP contribution in [-0.2, 0) is 0 Å². The van der Waals surface area contributed by atoms with Gasteiger partial charge in [-0.15, -0.1) is 0 Å². The number of likely N-dealkylation sites (N-methyl/N-ethyl adjacent to an activating group) is 1. The fourth-order valence-electron chi connectivity index (χ4n) is 2.39. The third-order valence-electron chi connectivity index (χ3n) is 3.46. The molecule has 0 saturated carbocycles. The lowest BCUT2D eigenvalue weighted by Crippen LogP contribution is -2.45. The predicted octanol–water partition coefficient (Wildman–Crippen LogP) is 1.86. The van der Waals surface area contributed by atoms with Crippen molar-refractivity contribution < 1.29 is 4.79 Å². The normalized spacial score (nSPS) is 21.4. The summed E-state index contributed by atoms with van der Waals surface area (Å²) in [5.41, 5.74) is 2.09. The van der Waals surface area contributed by atoms with Crippen LogP contribution in [0.3, 0.4) is 0 Å². The summed E-state index contributed by atoms with van der Waals surface area (Å²) in [4.78, 5) is 13.7. The van der Waals surface area contributed by atoms with Gasteiger partial charge in [-0.3, -0.25) is 9.69 Å². The van der Waals surface area contributed by atoms with Gasteiger partial charge in [-0.25, -0.2) is 0 Å². The Labute approximate surface area is 103 Å². The van der Waals surface area contributed by atoms with Crippen LogP contribution in [0.15, 0.2) is 24.3 Å². The van der Waals surface area contributed by atoms with Crippen molar-refractivity contribution in [2.75, 3.05) is 26.2 Å². The van der Waals surface area contributed by atoms with Gasteiger partial charge in [-0.2, -0.15) is 0 Å². The smallest absolute Gasteiger partial charge is 0.159 e. The molecule has 0 aromatic heterocycles. The molecular formula is C14H20N2O. The van der Waals surface area contributed by atoms with Crippen LogP contribution in [0.4, 0.5) is 0 Å². The van der Waals surface area contributed by atoms with Crippen molar-refractivity contribution in [3.05, 3.63) is 35.4 Å². The molecule has 1 N–H and O–H groups in total. The van der Waals surface area contributed by atoms with Gasteiger partial charge in [0, 0.05) is 31.2 Å². The molecule has 0 radical (unpaired) electrons. The van der Waals surface area contributed by atoms with Crippen molar-refractivity contribution in [1.82, 2.24) is 10.2 Å². The maximum Gasteiger partial charge on any atom is 0.159 e. The van der Waals surface area contributed by atoms with Crippen LogP contribution < -0.4 is 5.32 Å². The molecular weight excluding hydrogens is 212 g/mol. The summed E-state index contributed by atoms with van der Waals surface area (Å²) in [6.07, 6.45) is 0. The average molecular weight is 232 g/mol. The zero-order chi connectivity index (χ0) is 12.3. The minimum Gasteiger partial charge on any atom is -0.314 e. The van der Waals surface area contributed by atoms with Gasteiger partial charge in [0.2, 0.25) is 0 Å². The maximum atomic E-state index is 11.2. The molecule has 0 amide bonds. The van der Waals surface area contributed by atoms with E-state index < -0.39 is 0 Å². The van der Waals surface area contributed by atoms with Gasteiger partial charge in [0.25, 0.3) is 0 Å². The molecule has 3 nitrogen and oxygen atoms in total. The summed E-state index contributed by atoms with van der Waals surface area (Å²) >= 11 is 0. The lowest BCUT2D eigenvalue weighted by Gasteiger charge is -2.35. The molecule has 1 aromatic carbocycles. The number of nitrogens with zero attached hydrogens (tertiary/aromatic N) is 1. The van der Waals surface area contributed by atoms with Gasteiger partial charge < -0.3 is 5.32 Å². The summed E-state index contributed by atoms with van der Waals surface area (Å²) in [5.74, 6) is 0.130. The molecule has 2 rings (SSSR count). The Kier molecular flexibility index (Phi) is 3.92. The average Bonchev–Trinajstić information content (AvgIpc) is 2.39. The Morgan fingerprint density at radius 1 is 1.41 bits per heavy atom. The van der Waals surface area contributed by atoms with Gasteiger partial charge >= 0.3 is 0 Å². The summed E-state index contributed by atoms with van der Waals surface area (Å²) in [5, 5.41) is 3.43. The molecule has 0 spiro atoms. The summed E-state index contributed by atoms with van der Waals surface area (Å²) in [6.45, 7) is 8.03. The first-order valence-electron chi connectivity index (χ1n) is 6.28. The Morgan fingerprint density at radius 2 is 2.12 bits per heavy atom. The van der Waals surface area contributed by atoms with E-state index in [9.17, 15) is 4.79 Å². The summed E-state index contributed by atoms with van der Waals surface area (Å²) in [6, 6.07) is 8.46. The Hall–Kier alpha value is -1.19. The largest absolute Gasteiger partial charge is 0.314 e. The van der Waals surface area contributed by atoms with E-state index in [-0.39, 0.29) is 5.78 Å². The standard InChI is InChI=1S/C14H20N2O/c1-3-16-9-8-15-10-14(16)13-6-4-12(5-7-13)11(2)17/h4-7,14-15H,3,8-10H2,1-2H3. The quantitative estimate of drug-likeness (QED) is 0.807. The topological polar surface area (TPSA) is 32.3 Å². The number of rotatable bonds is 3. The molecule has 1 atom stereocenters. The highest BCUT2D eigenvalue weighted by Gasteiger charge is 2.21. The predicted molar refractivity (Wildman–Crippen MR) is 69.3 cm³/mol. The highest BCUT2D eigenvalue weighted by Crippen LogP contribution is 2.22. The third-order valence-corrected chi connectivity index (χ3v) is 3.46. The number of benzene rings is 1. The number of piperazine rings is 1. The van der Waals surface area contributed by atoms with Crippen molar-refractivity contribution in [3.63, 3.8) is 0 Å². The fourth-order valence-corrected chi connectivity index (χ4v) is 2.39. The van der Waals surface area contributed by atoms with E-state index in [4.69, 9.17) is 0 Å². The second-order valence-corrected chi connectivity index (χ2v) is 4.53. The number of nitrogens with one attached hydrogen (secondary N) is 1. The lowest BCUT2D eigenvalue weighted by molar-refractivity contribution is 0.101. The second-order valence-electron chi connectivity index (χ2n) is 4.53. The first-order valence-corrected chi connectivity index (χ1v) is 6.28. The Balaban J connectivity index is 2.17. The van der Waals surface area contributed by atoms with E-state index in [1.807, 2.05) is 12.1 Å². The molecule has 17 heavy (non-hydrogen) atoms. The molecule has 1 saturated heterocycles. The third kappa shape index (κ3) is 2.73. The molecule has 1 unspecified atom stereocenters.